The van der Waals surface area contributed by atoms with Crippen LogP contribution in [0.15, 0.2) is 23.1 Å². The predicted octanol–water partition coefficient (Wildman–Crippen LogP) is 0.761. The van der Waals surface area contributed by atoms with Gasteiger partial charge in [-0.25, -0.2) is 9.18 Å². The van der Waals surface area contributed by atoms with Crippen LogP contribution in [0.3, 0.4) is 0 Å². The fraction of sp³-hybridized carbons (Fsp3) is 0.500. The number of nitrogens with zero attached hydrogens (tertiary/aromatic N) is 2. The summed E-state index contributed by atoms with van der Waals surface area (Å²) in [5, 5.41) is 8.88. The first-order chi connectivity index (χ1) is 8.50. The quantitative estimate of drug-likeness (QED) is 0.846. The van der Waals surface area contributed by atoms with Crippen molar-refractivity contribution >= 4 is 5.97 Å². The van der Waals surface area contributed by atoms with Crippen LogP contribution in [-0.2, 0) is 0 Å². The number of rotatable bonds is 2. The second kappa shape index (κ2) is 4.89. The zero-order chi connectivity index (χ0) is 13.3. The molecule has 5 nitrogen and oxygen atoms in total. The highest BCUT2D eigenvalue weighted by atomic mass is 19.1. The van der Waals surface area contributed by atoms with Gasteiger partial charge < -0.3 is 14.6 Å². The molecule has 0 amide bonds. The average Bonchev–Trinajstić information content (AvgIpc) is 2.30. The van der Waals surface area contributed by atoms with Gasteiger partial charge in [0.1, 0.15) is 11.7 Å². The lowest BCUT2D eigenvalue weighted by molar-refractivity contribution is 0.0690. The summed E-state index contributed by atoms with van der Waals surface area (Å²) in [6.45, 7) is 0.948. The van der Waals surface area contributed by atoms with Crippen molar-refractivity contribution in [3.8, 4) is 0 Å². The minimum atomic E-state index is -1.28. The SMILES string of the molecule is CN1CC[C@H](n2cccc(C(=O)O)c2=O)[C@H](F)C1. The summed E-state index contributed by atoms with van der Waals surface area (Å²) in [6, 6.07) is 2.13. The highest BCUT2D eigenvalue weighted by Gasteiger charge is 2.30. The molecule has 6 heteroatoms. The Labute approximate surface area is 103 Å². The van der Waals surface area contributed by atoms with Crippen LogP contribution in [0.5, 0.6) is 0 Å². The van der Waals surface area contributed by atoms with E-state index in [1.54, 1.807) is 0 Å². The zero-order valence-electron chi connectivity index (χ0n) is 10.0. The molecule has 0 saturated carbocycles. The summed E-state index contributed by atoms with van der Waals surface area (Å²) in [4.78, 5) is 24.7. The molecule has 0 unspecified atom stereocenters. The van der Waals surface area contributed by atoms with Gasteiger partial charge in [-0.05, 0) is 25.6 Å². The summed E-state index contributed by atoms with van der Waals surface area (Å²) in [7, 11) is 1.82. The molecule has 2 heterocycles. The Balaban J connectivity index is 2.37. The van der Waals surface area contributed by atoms with Gasteiger partial charge in [-0.3, -0.25) is 4.79 Å². The Morgan fingerprint density at radius 1 is 1.56 bits per heavy atom. The van der Waals surface area contributed by atoms with Crippen molar-refractivity contribution in [1.82, 2.24) is 9.47 Å². The van der Waals surface area contributed by atoms with E-state index in [9.17, 15) is 14.0 Å². The molecule has 1 aliphatic heterocycles. The number of piperidine rings is 1. The van der Waals surface area contributed by atoms with E-state index in [4.69, 9.17) is 5.11 Å². The maximum absolute atomic E-state index is 13.9. The van der Waals surface area contributed by atoms with Gasteiger partial charge in [-0.1, -0.05) is 0 Å². The Bertz CT molecular complexity index is 514. The van der Waals surface area contributed by atoms with Gasteiger partial charge in [0.15, 0.2) is 0 Å². The molecule has 0 bridgehead atoms. The molecule has 0 radical (unpaired) electrons. The van der Waals surface area contributed by atoms with E-state index < -0.39 is 23.7 Å². The Kier molecular flexibility index (Phi) is 3.47. The van der Waals surface area contributed by atoms with Crippen molar-refractivity contribution in [1.29, 1.82) is 0 Å². The standard InChI is InChI=1S/C12H15FN2O3/c1-14-6-4-10(9(13)7-14)15-5-2-3-8(11(15)16)12(17)18/h2-3,5,9-10H,4,6-7H2,1H3,(H,17,18)/t9-,10+/m1/s1. The maximum atomic E-state index is 13.9. The molecule has 1 aromatic rings. The first kappa shape index (κ1) is 12.8. The first-order valence-electron chi connectivity index (χ1n) is 5.77. The lowest BCUT2D eigenvalue weighted by Crippen LogP contribution is -2.43. The molecule has 0 aliphatic carbocycles. The monoisotopic (exact) mass is 254 g/mol. The highest BCUT2D eigenvalue weighted by Crippen LogP contribution is 2.23. The summed E-state index contributed by atoms with van der Waals surface area (Å²) in [6.07, 6.45) is 0.795. The van der Waals surface area contributed by atoms with Gasteiger partial charge in [0.05, 0.1) is 6.04 Å². The van der Waals surface area contributed by atoms with E-state index in [1.807, 2.05) is 11.9 Å². The fourth-order valence-electron chi connectivity index (χ4n) is 2.29. The molecule has 1 saturated heterocycles. The third-order valence-electron chi connectivity index (χ3n) is 3.27. The lowest BCUT2D eigenvalue weighted by atomic mass is 10.0. The second-order valence-corrected chi connectivity index (χ2v) is 4.57. The molecule has 2 rings (SSSR count). The number of carboxylic acids is 1. The van der Waals surface area contributed by atoms with Crippen LogP contribution < -0.4 is 5.56 Å². The number of hydrogen-bond acceptors (Lipinski definition) is 3. The van der Waals surface area contributed by atoms with Crippen LogP contribution in [0.2, 0.25) is 0 Å². The van der Waals surface area contributed by atoms with E-state index in [-0.39, 0.29) is 12.1 Å². The summed E-state index contributed by atoms with van der Waals surface area (Å²) < 4.78 is 15.2. The third kappa shape index (κ3) is 2.28. The molecule has 0 spiro atoms. The van der Waals surface area contributed by atoms with Gasteiger partial charge >= 0.3 is 5.97 Å². The largest absolute Gasteiger partial charge is 0.477 e. The fourth-order valence-corrected chi connectivity index (χ4v) is 2.29. The number of hydrogen-bond donors (Lipinski definition) is 1. The minimum Gasteiger partial charge on any atom is -0.477 e. The average molecular weight is 254 g/mol. The van der Waals surface area contributed by atoms with Gasteiger partial charge in [0.2, 0.25) is 0 Å². The Hall–Kier alpha value is -1.69. The normalized spacial score (nSPS) is 25.0. The third-order valence-corrected chi connectivity index (χ3v) is 3.27. The summed E-state index contributed by atoms with van der Waals surface area (Å²) >= 11 is 0. The molecule has 0 aromatic carbocycles. The van der Waals surface area contributed by atoms with Crippen LogP contribution in [-0.4, -0.2) is 46.9 Å². The number of alkyl halides is 1. The second-order valence-electron chi connectivity index (χ2n) is 4.57. The van der Waals surface area contributed by atoms with Crippen LogP contribution in [0.25, 0.3) is 0 Å². The van der Waals surface area contributed by atoms with Crippen molar-refractivity contribution < 1.29 is 14.3 Å². The van der Waals surface area contributed by atoms with Crippen LogP contribution >= 0.6 is 0 Å². The van der Waals surface area contributed by atoms with Crippen molar-refractivity contribution in [2.45, 2.75) is 18.6 Å². The molecule has 98 valence electrons. The predicted molar refractivity (Wildman–Crippen MR) is 63.7 cm³/mol. The van der Waals surface area contributed by atoms with Gasteiger partial charge in [-0.15, -0.1) is 0 Å². The smallest absolute Gasteiger partial charge is 0.341 e. The van der Waals surface area contributed by atoms with Crippen molar-refractivity contribution in [2.75, 3.05) is 20.1 Å². The van der Waals surface area contributed by atoms with E-state index in [0.29, 0.717) is 13.0 Å². The van der Waals surface area contributed by atoms with Crippen molar-refractivity contribution in [2.24, 2.45) is 0 Å². The first-order valence-corrected chi connectivity index (χ1v) is 5.77. The maximum Gasteiger partial charge on any atom is 0.341 e. The molecular formula is C12H15FN2O3. The van der Waals surface area contributed by atoms with Crippen molar-refractivity contribution in [3.05, 3.63) is 34.2 Å². The summed E-state index contributed by atoms with van der Waals surface area (Å²) in [5.74, 6) is -1.28. The number of aromatic nitrogens is 1. The van der Waals surface area contributed by atoms with Crippen molar-refractivity contribution in [3.63, 3.8) is 0 Å². The molecule has 1 aliphatic rings. The van der Waals surface area contributed by atoms with Crippen LogP contribution in [0.1, 0.15) is 22.8 Å². The van der Waals surface area contributed by atoms with Crippen LogP contribution in [0.4, 0.5) is 4.39 Å². The number of carbonyl (C=O) groups is 1. The van der Waals surface area contributed by atoms with E-state index in [2.05, 4.69) is 0 Å². The number of pyridine rings is 1. The topological polar surface area (TPSA) is 62.5 Å². The number of aromatic carboxylic acids is 1. The molecule has 2 atom stereocenters. The minimum absolute atomic E-state index is 0.258. The van der Waals surface area contributed by atoms with E-state index in [1.165, 1.54) is 22.9 Å². The lowest BCUT2D eigenvalue weighted by Gasteiger charge is -2.33. The molecule has 1 N–H and O–H groups in total. The van der Waals surface area contributed by atoms with Crippen LogP contribution in [0, 0.1) is 0 Å². The van der Waals surface area contributed by atoms with Gasteiger partial charge in [0, 0.05) is 19.3 Å². The number of likely N-dealkylation sites (tertiary alicyclic amines) is 1. The van der Waals surface area contributed by atoms with E-state index >= 15 is 0 Å². The summed E-state index contributed by atoms with van der Waals surface area (Å²) in [5.41, 5.74) is -0.953. The van der Waals surface area contributed by atoms with Gasteiger partial charge in [0.25, 0.3) is 5.56 Å². The molecule has 1 fully saturated rings. The Morgan fingerprint density at radius 3 is 2.89 bits per heavy atom. The van der Waals surface area contributed by atoms with Gasteiger partial charge in [-0.2, -0.15) is 0 Å². The van der Waals surface area contributed by atoms with E-state index in [0.717, 1.165) is 0 Å². The molecule has 1 aromatic heterocycles. The number of halogens is 1. The Morgan fingerprint density at radius 2 is 2.28 bits per heavy atom. The number of carboxylic acid groups (broad SMARTS) is 1. The molecular weight excluding hydrogens is 239 g/mol. The highest BCUT2D eigenvalue weighted by molar-refractivity contribution is 5.86. The molecule has 18 heavy (non-hydrogen) atoms. The zero-order valence-corrected chi connectivity index (χ0v) is 10.0.